The van der Waals surface area contributed by atoms with Crippen molar-refractivity contribution in [2.24, 2.45) is 0 Å². The minimum Gasteiger partial charge on any atom is -0.337 e. The van der Waals surface area contributed by atoms with E-state index >= 15 is 0 Å². The Bertz CT molecular complexity index is 744. The first-order valence-electron chi connectivity index (χ1n) is 8.97. The third-order valence-corrected chi connectivity index (χ3v) is 5.19. The molecular weight excluding hydrogens is 318 g/mol. The molecule has 2 aliphatic rings. The zero-order valence-corrected chi connectivity index (χ0v) is 14.6. The summed E-state index contributed by atoms with van der Waals surface area (Å²) >= 11 is 0. The zero-order valence-electron chi connectivity index (χ0n) is 14.6. The molecule has 2 aromatic rings. The number of H-pyrrole nitrogens is 1. The Kier molecular flexibility index (Phi) is 4.54. The van der Waals surface area contributed by atoms with Crippen LogP contribution >= 0.6 is 0 Å². The first-order valence-corrected chi connectivity index (χ1v) is 8.97. The molecule has 3 N–H and O–H groups in total. The van der Waals surface area contributed by atoms with Gasteiger partial charge in [-0.25, -0.2) is 0 Å². The predicted molar refractivity (Wildman–Crippen MR) is 93.2 cm³/mol. The molecule has 25 heavy (non-hydrogen) atoms. The van der Waals surface area contributed by atoms with Crippen molar-refractivity contribution in [3.05, 3.63) is 34.9 Å². The summed E-state index contributed by atoms with van der Waals surface area (Å²) in [6.07, 6.45) is 5.76. The summed E-state index contributed by atoms with van der Waals surface area (Å²) < 4.78 is 2.03. The molecule has 8 nitrogen and oxygen atoms in total. The second-order valence-corrected chi connectivity index (χ2v) is 6.92. The largest absolute Gasteiger partial charge is 0.337 e. The Morgan fingerprint density at radius 2 is 2.28 bits per heavy atom. The summed E-state index contributed by atoms with van der Waals surface area (Å²) in [6, 6.07) is 0. The predicted octanol–water partition coefficient (Wildman–Crippen LogP) is 0.449. The Labute approximate surface area is 147 Å². The van der Waals surface area contributed by atoms with E-state index in [1.807, 2.05) is 17.9 Å². The summed E-state index contributed by atoms with van der Waals surface area (Å²) in [4.78, 5) is 14.7. The van der Waals surface area contributed by atoms with E-state index in [0.717, 1.165) is 56.8 Å². The molecule has 1 saturated heterocycles. The molecule has 134 valence electrons. The van der Waals surface area contributed by atoms with Crippen LogP contribution in [0.25, 0.3) is 0 Å². The molecule has 0 spiro atoms. The molecule has 1 unspecified atom stereocenters. The molecule has 2 aromatic heterocycles. The SMILES string of the molecule is CN(Cc1cnn2c1CNCC2)C(=O)c1cn[nH]c1C1CCCNC1. The van der Waals surface area contributed by atoms with Crippen molar-refractivity contribution in [1.29, 1.82) is 0 Å². The molecule has 0 aromatic carbocycles. The number of rotatable bonds is 4. The van der Waals surface area contributed by atoms with Gasteiger partial charge >= 0.3 is 0 Å². The first-order chi connectivity index (χ1) is 12.2. The van der Waals surface area contributed by atoms with Crippen LogP contribution in [0.2, 0.25) is 0 Å². The van der Waals surface area contributed by atoms with Gasteiger partial charge in [0.15, 0.2) is 0 Å². The maximum absolute atomic E-state index is 13.0. The lowest BCUT2D eigenvalue weighted by Gasteiger charge is -2.24. The third kappa shape index (κ3) is 3.19. The lowest BCUT2D eigenvalue weighted by atomic mass is 9.93. The Morgan fingerprint density at radius 1 is 1.36 bits per heavy atom. The van der Waals surface area contributed by atoms with Gasteiger partial charge in [0.05, 0.1) is 35.9 Å². The van der Waals surface area contributed by atoms with E-state index in [2.05, 4.69) is 25.9 Å². The number of carbonyl (C=O) groups is 1. The van der Waals surface area contributed by atoms with E-state index in [0.29, 0.717) is 18.0 Å². The highest BCUT2D eigenvalue weighted by Crippen LogP contribution is 2.25. The van der Waals surface area contributed by atoms with Gasteiger partial charge in [-0.05, 0) is 19.4 Å². The Morgan fingerprint density at radius 3 is 3.12 bits per heavy atom. The number of piperidine rings is 1. The van der Waals surface area contributed by atoms with Gasteiger partial charge in [-0.15, -0.1) is 0 Å². The standard InChI is InChI=1S/C17H25N7O/c1-23(11-13-8-21-24-6-5-19-10-15(13)24)17(25)14-9-20-22-16(14)12-3-2-4-18-7-12/h8-9,12,18-19H,2-7,10-11H2,1H3,(H,20,22). The lowest BCUT2D eigenvalue weighted by molar-refractivity contribution is 0.0783. The number of amides is 1. The smallest absolute Gasteiger partial charge is 0.257 e. The van der Waals surface area contributed by atoms with Gasteiger partial charge in [0.25, 0.3) is 5.91 Å². The van der Waals surface area contributed by atoms with Crippen LogP contribution in [-0.2, 0) is 19.6 Å². The van der Waals surface area contributed by atoms with Crippen molar-refractivity contribution in [1.82, 2.24) is 35.5 Å². The van der Waals surface area contributed by atoms with Gasteiger partial charge in [0, 0.05) is 44.7 Å². The fraction of sp³-hybridized carbons (Fsp3) is 0.588. The molecular formula is C17H25N7O. The molecule has 4 rings (SSSR count). The fourth-order valence-electron chi connectivity index (χ4n) is 3.78. The molecule has 0 bridgehead atoms. The van der Waals surface area contributed by atoms with Crippen molar-refractivity contribution >= 4 is 5.91 Å². The highest BCUT2D eigenvalue weighted by atomic mass is 16.2. The van der Waals surface area contributed by atoms with Crippen LogP contribution in [0.1, 0.15) is 46.1 Å². The van der Waals surface area contributed by atoms with Crippen molar-refractivity contribution in [2.75, 3.05) is 26.7 Å². The molecule has 0 aliphatic carbocycles. The second-order valence-electron chi connectivity index (χ2n) is 6.92. The minimum absolute atomic E-state index is 0.0121. The topological polar surface area (TPSA) is 90.9 Å². The molecule has 1 fully saturated rings. The Hall–Kier alpha value is -2.19. The monoisotopic (exact) mass is 343 g/mol. The van der Waals surface area contributed by atoms with Crippen LogP contribution in [0.15, 0.2) is 12.4 Å². The molecule has 2 aliphatic heterocycles. The second kappa shape index (κ2) is 6.97. The average molecular weight is 343 g/mol. The van der Waals surface area contributed by atoms with Crippen LogP contribution in [0.5, 0.6) is 0 Å². The molecule has 1 atom stereocenters. The van der Waals surface area contributed by atoms with E-state index in [9.17, 15) is 4.79 Å². The number of aromatic nitrogens is 4. The highest BCUT2D eigenvalue weighted by molar-refractivity contribution is 5.95. The number of carbonyl (C=O) groups excluding carboxylic acids is 1. The summed E-state index contributed by atoms with van der Waals surface area (Å²) in [5, 5.41) is 18.4. The van der Waals surface area contributed by atoms with Gasteiger partial charge < -0.3 is 15.5 Å². The minimum atomic E-state index is 0.0121. The van der Waals surface area contributed by atoms with Crippen LogP contribution < -0.4 is 10.6 Å². The average Bonchev–Trinajstić information content (AvgIpc) is 3.29. The maximum Gasteiger partial charge on any atom is 0.257 e. The number of fused-ring (bicyclic) bond motifs is 1. The normalized spacial score (nSPS) is 20.3. The lowest BCUT2D eigenvalue weighted by Crippen LogP contribution is -2.32. The van der Waals surface area contributed by atoms with Gasteiger partial charge in [0.2, 0.25) is 0 Å². The van der Waals surface area contributed by atoms with E-state index in [1.54, 1.807) is 11.1 Å². The summed E-state index contributed by atoms with van der Waals surface area (Å²) in [7, 11) is 1.85. The van der Waals surface area contributed by atoms with E-state index in [4.69, 9.17) is 0 Å². The summed E-state index contributed by atoms with van der Waals surface area (Å²) in [6.45, 7) is 5.14. The Balaban J connectivity index is 1.49. The van der Waals surface area contributed by atoms with Crippen LogP contribution in [0, 0.1) is 0 Å². The van der Waals surface area contributed by atoms with Crippen LogP contribution in [-0.4, -0.2) is 57.5 Å². The number of nitrogens with one attached hydrogen (secondary N) is 3. The van der Waals surface area contributed by atoms with Crippen molar-refractivity contribution in [2.45, 2.75) is 38.4 Å². The van der Waals surface area contributed by atoms with E-state index in [1.165, 1.54) is 5.69 Å². The van der Waals surface area contributed by atoms with Crippen molar-refractivity contribution in [3.8, 4) is 0 Å². The van der Waals surface area contributed by atoms with Gasteiger partial charge in [-0.1, -0.05) is 0 Å². The number of aromatic amines is 1. The summed E-state index contributed by atoms with van der Waals surface area (Å²) in [5.74, 6) is 0.342. The van der Waals surface area contributed by atoms with Crippen molar-refractivity contribution in [3.63, 3.8) is 0 Å². The molecule has 0 radical (unpaired) electrons. The molecule has 1 amide bonds. The number of hydrogen-bond acceptors (Lipinski definition) is 5. The highest BCUT2D eigenvalue weighted by Gasteiger charge is 2.26. The van der Waals surface area contributed by atoms with Crippen LogP contribution in [0.4, 0.5) is 0 Å². The van der Waals surface area contributed by atoms with Crippen LogP contribution in [0.3, 0.4) is 0 Å². The van der Waals surface area contributed by atoms with Gasteiger partial charge in [-0.2, -0.15) is 10.2 Å². The zero-order chi connectivity index (χ0) is 17.2. The molecule has 8 heteroatoms. The fourth-order valence-corrected chi connectivity index (χ4v) is 3.78. The third-order valence-electron chi connectivity index (χ3n) is 5.19. The van der Waals surface area contributed by atoms with Gasteiger partial charge in [0.1, 0.15) is 0 Å². The quantitative estimate of drug-likeness (QED) is 0.750. The molecule has 4 heterocycles. The molecule has 0 saturated carbocycles. The van der Waals surface area contributed by atoms with Crippen molar-refractivity contribution < 1.29 is 4.79 Å². The maximum atomic E-state index is 13.0. The van der Waals surface area contributed by atoms with Gasteiger partial charge in [-0.3, -0.25) is 14.6 Å². The number of hydrogen-bond donors (Lipinski definition) is 3. The first kappa shape index (κ1) is 16.3. The summed E-state index contributed by atoms with van der Waals surface area (Å²) in [5.41, 5.74) is 3.93. The van der Waals surface area contributed by atoms with E-state index in [-0.39, 0.29) is 5.91 Å². The van der Waals surface area contributed by atoms with E-state index < -0.39 is 0 Å². The number of nitrogens with zero attached hydrogens (tertiary/aromatic N) is 4.